The van der Waals surface area contributed by atoms with Crippen molar-refractivity contribution in [2.75, 3.05) is 13.1 Å². The maximum atomic E-state index is 13.8. The number of hydrogen-bond acceptors (Lipinski definition) is 5. The molecule has 4 N–H and O–H groups in total. The molecule has 3 rings (SSSR count). The first kappa shape index (κ1) is 33.3. The van der Waals surface area contributed by atoms with Crippen molar-refractivity contribution in [3.05, 3.63) is 12.7 Å². The topological polar surface area (TPSA) is 137 Å². The van der Waals surface area contributed by atoms with Crippen LogP contribution in [0.1, 0.15) is 104 Å². The number of amides is 5. The Morgan fingerprint density at radius 1 is 0.900 bits per heavy atom. The van der Waals surface area contributed by atoms with Gasteiger partial charge in [-0.3, -0.25) is 19.2 Å². The molecular formula is C30H51N5O5. The van der Waals surface area contributed by atoms with Crippen molar-refractivity contribution >= 4 is 29.5 Å². The molecule has 1 heterocycles. The zero-order chi connectivity index (χ0) is 29.5. The summed E-state index contributed by atoms with van der Waals surface area (Å²) < 4.78 is 0. The minimum absolute atomic E-state index is 0.0362. The molecule has 40 heavy (non-hydrogen) atoms. The predicted molar refractivity (Wildman–Crippen MR) is 155 cm³/mol. The normalized spacial score (nSPS) is 20.6. The molecule has 226 valence electrons. The van der Waals surface area contributed by atoms with E-state index in [1.165, 1.54) is 12.5 Å². The molecule has 1 saturated heterocycles. The van der Waals surface area contributed by atoms with Gasteiger partial charge in [0.15, 0.2) is 0 Å². The molecule has 0 spiro atoms. The van der Waals surface area contributed by atoms with Crippen molar-refractivity contribution in [1.29, 1.82) is 0 Å². The van der Waals surface area contributed by atoms with E-state index in [9.17, 15) is 24.0 Å². The Morgan fingerprint density at radius 3 is 2.12 bits per heavy atom. The fraction of sp³-hybridized carbons (Fsp3) is 0.767. The van der Waals surface area contributed by atoms with Crippen molar-refractivity contribution < 1.29 is 24.0 Å². The van der Waals surface area contributed by atoms with Crippen LogP contribution in [0.25, 0.3) is 0 Å². The van der Waals surface area contributed by atoms with Gasteiger partial charge >= 0.3 is 6.03 Å². The fourth-order valence-corrected chi connectivity index (χ4v) is 5.83. The molecule has 2 aliphatic carbocycles. The average Bonchev–Trinajstić information content (AvgIpc) is 3.73. The molecule has 3 fully saturated rings. The highest BCUT2D eigenvalue weighted by atomic mass is 16.2. The van der Waals surface area contributed by atoms with Crippen molar-refractivity contribution in [3.8, 4) is 0 Å². The van der Waals surface area contributed by atoms with Gasteiger partial charge in [0.05, 0.1) is 6.04 Å². The summed E-state index contributed by atoms with van der Waals surface area (Å²) in [6, 6.07) is -2.56. The predicted octanol–water partition coefficient (Wildman–Crippen LogP) is 3.35. The molecule has 2 unspecified atom stereocenters. The Kier molecular flexibility index (Phi) is 14.7. The molecule has 1 aliphatic heterocycles. The lowest BCUT2D eigenvalue weighted by Crippen LogP contribution is -2.58. The molecule has 10 heteroatoms. The second-order valence-corrected chi connectivity index (χ2v) is 11.2. The smallest absolute Gasteiger partial charge is 0.315 e. The van der Waals surface area contributed by atoms with Crippen molar-refractivity contribution in [2.24, 2.45) is 5.92 Å². The first-order valence-corrected chi connectivity index (χ1v) is 15.4. The molecular weight excluding hydrogens is 510 g/mol. The Morgan fingerprint density at radius 2 is 1.52 bits per heavy atom. The second-order valence-electron chi connectivity index (χ2n) is 11.2. The van der Waals surface area contributed by atoms with E-state index in [4.69, 9.17) is 0 Å². The third-order valence-corrected chi connectivity index (χ3v) is 7.79. The van der Waals surface area contributed by atoms with E-state index in [0.717, 1.165) is 51.4 Å². The van der Waals surface area contributed by atoms with E-state index < -0.39 is 35.7 Å². The summed E-state index contributed by atoms with van der Waals surface area (Å²) in [7, 11) is 0. The number of nitrogens with zero attached hydrogens (tertiary/aromatic N) is 1. The van der Waals surface area contributed by atoms with E-state index in [0.29, 0.717) is 32.2 Å². The first-order chi connectivity index (χ1) is 19.3. The summed E-state index contributed by atoms with van der Waals surface area (Å²) in [6.45, 7) is 10.2. The first-order valence-electron chi connectivity index (χ1n) is 15.4. The zero-order valence-corrected chi connectivity index (χ0v) is 24.8. The summed E-state index contributed by atoms with van der Waals surface area (Å²) in [5, 5.41) is 11.1. The van der Waals surface area contributed by atoms with E-state index in [2.05, 4.69) is 41.7 Å². The van der Waals surface area contributed by atoms with Crippen LogP contribution in [0.3, 0.4) is 0 Å². The second kappa shape index (κ2) is 17.7. The number of rotatable bonds is 12. The summed E-state index contributed by atoms with van der Waals surface area (Å²) in [6.07, 6.45) is 12.6. The molecule has 0 aromatic heterocycles. The highest BCUT2D eigenvalue weighted by Gasteiger charge is 2.42. The van der Waals surface area contributed by atoms with Crippen LogP contribution < -0.4 is 21.3 Å². The molecule has 0 aromatic rings. The van der Waals surface area contributed by atoms with E-state index in [1.807, 2.05) is 6.92 Å². The quantitative estimate of drug-likeness (QED) is 0.214. The van der Waals surface area contributed by atoms with Gasteiger partial charge in [-0.15, -0.1) is 6.58 Å². The largest absolute Gasteiger partial charge is 0.346 e. The number of hydrogen-bond donors (Lipinski definition) is 4. The third-order valence-electron chi connectivity index (χ3n) is 7.79. The monoisotopic (exact) mass is 561 g/mol. The van der Waals surface area contributed by atoms with Crippen LogP contribution in [-0.4, -0.2) is 71.7 Å². The summed E-state index contributed by atoms with van der Waals surface area (Å²) >= 11 is 0. The summed E-state index contributed by atoms with van der Waals surface area (Å²) in [4.78, 5) is 66.2. The number of likely N-dealkylation sites (tertiary alicyclic amines) is 1. The number of ketones is 1. The highest BCUT2D eigenvalue weighted by Crippen LogP contribution is 2.30. The Hall–Kier alpha value is -2.91. The molecule has 5 amide bonds. The number of carbonyl (C=O) groups excluding carboxylic acids is 5. The van der Waals surface area contributed by atoms with Crippen LogP contribution in [0.5, 0.6) is 0 Å². The zero-order valence-electron chi connectivity index (χ0n) is 24.8. The summed E-state index contributed by atoms with van der Waals surface area (Å²) in [5.41, 5.74) is 0. The standard InChI is InChI=1S/C27H43N5O5.C3H8/c1-3-10-20(23(33)25(35)28-16-4-2)30-24(34)21-15-9-17-32(21)26(36)22(18-11-5-6-12-18)31-27(37)29-19-13-7-8-14-19;1-3-2/h4,18-22H,2-3,5-17H2,1H3,(H,28,35)(H,30,34)(H2,29,31,37);3H2,1-2H3/t20?,21-,22?;/m0./s1. The maximum Gasteiger partial charge on any atom is 0.315 e. The molecule has 10 nitrogen and oxygen atoms in total. The highest BCUT2D eigenvalue weighted by molar-refractivity contribution is 6.38. The van der Waals surface area contributed by atoms with Crippen molar-refractivity contribution in [1.82, 2.24) is 26.2 Å². The Bertz CT molecular complexity index is 867. The molecule has 0 aromatic carbocycles. The van der Waals surface area contributed by atoms with Gasteiger partial charge in [-0.2, -0.15) is 0 Å². The van der Waals surface area contributed by atoms with E-state index in [1.54, 1.807) is 4.90 Å². The van der Waals surface area contributed by atoms with Crippen LogP contribution in [-0.2, 0) is 19.2 Å². The van der Waals surface area contributed by atoms with Gasteiger partial charge in [-0.05, 0) is 50.9 Å². The minimum atomic E-state index is -0.958. The average molecular weight is 562 g/mol. The lowest BCUT2D eigenvalue weighted by Gasteiger charge is -2.32. The van der Waals surface area contributed by atoms with E-state index >= 15 is 0 Å². The Labute approximate surface area is 239 Å². The van der Waals surface area contributed by atoms with Gasteiger partial charge in [0, 0.05) is 19.1 Å². The van der Waals surface area contributed by atoms with Gasteiger partial charge in [-0.25, -0.2) is 4.79 Å². The number of carbonyl (C=O) groups is 5. The van der Waals surface area contributed by atoms with Gasteiger partial charge in [0.2, 0.25) is 17.6 Å². The maximum absolute atomic E-state index is 13.8. The summed E-state index contributed by atoms with van der Waals surface area (Å²) in [5.74, 6) is -2.11. The van der Waals surface area contributed by atoms with Gasteiger partial charge < -0.3 is 26.2 Å². The van der Waals surface area contributed by atoms with Crippen molar-refractivity contribution in [3.63, 3.8) is 0 Å². The third kappa shape index (κ3) is 9.93. The van der Waals surface area contributed by atoms with Crippen molar-refractivity contribution in [2.45, 2.75) is 128 Å². The van der Waals surface area contributed by atoms with Crippen LogP contribution >= 0.6 is 0 Å². The van der Waals surface area contributed by atoms with Crippen LogP contribution in [0.2, 0.25) is 0 Å². The number of nitrogens with one attached hydrogen (secondary N) is 4. The van der Waals surface area contributed by atoms with Gasteiger partial charge in [0.25, 0.3) is 5.91 Å². The van der Waals surface area contributed by atoms with Gasteiger partial charge in [0.1, 0.15) is 12.1 Å². The Balaban J connectivity index is 0.00000178. The molecule has 3 aliphatic rings. The van der Waals surface area contributed by atoms with Crippen LogP contribution in [0.15, 0.2) is 12.7 Å². The molecule has 0 radical (unpaired) electrons. The SMILES string of the molecule is C=CCNC(=O)C(=O)C(CCC)NC(=O)[C@@H]1CCCN1C(=O)C(NC(=O)NC1CCCC1)C1CCCC1.CCC. The number of Topliss-reactive ketones (excluding diaryl/α,β-unsaturated/α-hetero) is 1. The molecule has 3 atom stereocenters. The van der Waals surface area contributed by atoms with Crippen LogP contribution in [0.4, 0.5) is 4.79 Å². The number of urea groups is 1. The lowest BCUT2D eigenvalue weighted by molar-refractivity contribution is -0.143. The fourth-order valence-electron chi connectivity index (χ4n) is 5.83. The molecule has 0 bridgehead atoms. The molecule has 2 saturated carbocycles. The van der Waals surface area contributed by atoms with Crippen LogP contribution in [0, 0.1) is 5.92 Å². The van der Waals surface area contributed by atoms with E-state index in [-0.39, 0.29) is 30.4 Å². The van der Waals surface area contributed by atoms with Gasteiger partial charge in [-0.1, -0.05) is 65.4 Å². The lowest BCUT2D eigenvalue weighted by atomic mass is 9.96. The minimum Gasteiger partial charge on any atom is -0.346 e.